The normalized spacial score (nSPS) is 18.9. The van der Waals surface area contributed by atoms with Crippen LogP contribution in [0.2, 0.25) is 0 Å². The van der Waals surface area contributed by atoms with Crippen LogP contribution in [0.5, 0.6) is 23.3 Å². The number of amides is 1. The Morgan fingerprint density at radius 3 is 2.56 bits per heavy atom. The molecule has 16 nitrogen and oxygen atoms in total. The Labute approximate surface area is 362 Å². The van der Waals surface area contributed by atoms with Crippen molar-refractivity contribution in [1.82, 2.24) is 24.8 Å². The number of aliphatic hydroxyl groups is 2. The van der Waals surface area contributed by atoms with Crippen LogP contribution in [0, 0.1) is 12.3 Å². The van der Waals surface area contributed by atoms with Gasteiger partial charge in [-0.05, 0) is 87.9 Å². The Morgan fingerprint density at radius 2 is 1.84 bits per heavy atom. The molecule has 1 saturated heterocycles. The number of nitrogens with zero attached hydrogens (tertiary/aromatic N) is 4. The number of aromatic hydroxyl groups is 2. The largest absolute Gasteiger partial charge is 0.494 e. The Bertz CT molecular complexity index is 2450. The van der Waals surface area contributed by atoms with Gasteiger partial charge in [0.2, 0.25) is 17.7 Å². The van der Waals surface area contributed by atoms with E-state index in [1.165, 1.54) is 17.7 Å². The van der Waals surface area contributed by atoms with E-state index in [-0.39, 0.29) is 28.8 Å². The zero-order chi connectivity index (χ0) is 45.2. The number of alkyl halides is 3. The van der Waals surface area contributed by atoms with Crippen LogP contribution in [0.3, 0.4) is 0 Å². The highest BCUT2D eigenvalue weighted by molar-refractivity contribution is 6.02. The molecule has 1 aliphatic heterocycles. The molecule has 0 spiro atoms. The van der Waals surface area contributed by atoms with E-state index in [2.05, 4.69) is 25.9 Å². The highest BCUT2D eigenvalue weighted by atomic mass is 19.4. The van der Waals surface area contributed by atoms with Gasteiger partial charge < -0.3 is 55.9 Å². The molecular formula is C44H55F3N8O8. The molecule has 0 bridgehead atoms. The second-order valence-corrected chi connectivity index (χ2v) is 16.6. The monoisotopic (exact) mass is 880 g/mol. The van der Waals surface area contributed by atoms with Gasteiger partial charge in [-0.15, -0.1) is 0 Å². The minimum atomic E-state index is -4.55. The summed E-state index contributed by atoms with van der Waals surface area (Å²) in [6.45, 7) is 5.32. The number of carbonyl (C=O) groups excluding carboxylic acids is 1. The summed E-state index contributed by atoms with van der Waals surface area (Å²) in [7, 11) is 3.30. The first-order chi connectivity index (χ1) is 30.0. The number of aryl methyl sites for hydroxylation is 1. The van der Waals surface area contributed by atoms with E-state index >= 15 is 0 Å². The van der Waals surface area contributed by atoms with Gasteiger partial charge in [0.25, 0.3) is 0 Å². The maximum absolute atomic E-state index is 13.6. The van der Waals surface area contributed by atoms with E-state index in [0.717, 1.165) is 25.0 Å². The fourth-order valence-corrected chi connectivity index (χ4v) is 8.18. The molecule has 2 aliphatic rings. The Morgan fingerprint density at radius 1 is 1.06 bits per heavy atom. The Kier molecular flexibility index (Phi) is 13.3. The fraction of sp³-hybridized carbons (Fsp3) is 0.477. The molecule has 9 N–H and O–H groups in total. The summed E-state index contributed by atoms with van der Waals surface area (Å²) in [5, 5.41) is 52.9. The van der Waals surface area contributed by atoms with Gasteiger partial charge in [-0.3, -0.25) is 14.7 Å². The Hall–Kier alpha value is -5.76. The van der Waals surface area contributed by atoms with Gasteiger partial charge in [0.15, 0.2) is 11.5 Å². The van der Waals surface area contributed by atoms with E-state index in [1.807, 2.05) is 0 Å². The van der Waals surface area contributed by atoms with Gasteiger partial charge in [0.05, 0.1) is 48.9 Å². The molecule has 1 aliphatic carbocycles. The van der Waals surface area contributed by atoms with E-state index in [9.17, 15) is 38.4 Å². The Balaban J connectivity index is 0.893. The lowest BCUT2D eigenvalue weighted by Crippen LogP contribution is -2.47. The number of hydrogen-bond donors (Lipinski definition) is 8. The van der Waals surface area contributed by atoms with Crippen molar-refractivity contribution in [2.24, 2.45) is 5.41 Å². The SMILES string of the molecule is COc1cc2nc(C)nc(N[C@H](C)c3cc(N)cc(C(F)(F)F)c3)c2cc1OCC1(CN(C)C(=O)CCCOCCNc2cccc3c(O)n(C4CCC(O)NC4O)c(O)c23)CC1. The summed E-state index contributed by atoms with van der Waals surface area (Å²) in [5.41, 5.74) is 6.22. The number of nitrogens with one attached hydrogen (secondary N) is 3. The van der Waals surface area contributed by atoms with Crippen molar-refractivity contribution in [2.45, 2.75) is 83.1 Å². The minimum Gasteiger partial charge on any atom is -0.494 e. The number of piperidine rings is 1. The number of nitrogen functional groups attached to an aromatic ring is 1. The van der Waals surface area contributed by atoms with Crippen molar-refractivity contribution in [3.8, 4) is 23.3 Å². The maximum Gasteiger partial charge on any atom is 0.416 e. The zero-order valence-corrected chi connectivity index (χ0v) is 35.6. The number of aliphatic hydroxyl groups excluding tert-OH is 2. The molecule has 5 aromatic rings. The van der Waals surface area contributed by atoms with Gasteiger partial charge in [-0.1, -0.05) is 6.07 Å². The van der Waals surface area contributed by atoms with E-state index in [0.29, 0.717) is 115 Å². The number of benzene rings is 3. The topological polar surface area (TPSA) is 222 Å². The summed E-state index contributed by atoms with van der Waals surface area (Å²) in [5.74, 6) is 1.34. The molecule has 1 amide bonds. The molecule has 19 heteroatoms. The van der Waals surface area contributed by atoms with E-state index in [1.54, 1.807) is 56.1 Å². The number of ether oxygens (including phenoxy) is 3. The third kappa shape index (κ3) is 10.2. The number of rotatable bonds is 18. The first kappa shape index (κ1) is 45.3. The van der Waals surface area contributed by atoms with E-state index < -0.39 is 36.3 Å². The lowest BCUT2D eigenvalue weighted by atomic mass is 10.0. The van der Waals surface area contributed by atoms with Crippen molar-refractivity contribution < 1.29 is 52.6 Å². The van der Waals surface area contributed by atoms with Gasteiger partial charge in [-0.2, -0.15) is 13.2 Å². The van der Waals surface area contributed by atoms with Crippen molar-refractivity contribution >= 4 is 44.8 Å². The molecule has 2 aromatic heterocycles. The number of nitrogens with two attached hydrogens (primary N) is 1. The number of halogens is 3. The standard InChI is InChI=1S/C44H55F3N8O8/c1-24(26-17-27(44(45,46)47)19-28(48)18-26)50-39-30-20-35(34(61-4)21-32(30)51-25(2)52-39)63-23-43(12-13-43)22-54(3)37(57)9-6-15-62-16-14-49-31-8-5-7-29-38(31)42(60)55(41(29)59)33-10-11-36(56)53-40(33)58/h5,7-8,17-21,24,33,36,40,49,53,56,58-60H,6,9-16,22-23,48H2,1-4H3,(H,50,51,52)/t24-,33?,36?,40?/m1/s1. The molecule has 0 radical (unpaired) electrons. The molecule has 2 fully saturated rings. The van der Waals surface area contributed by atoms with Crippen LogP contribution < -0.4 is 31.2 Å². The van der Waals surface area contributed by atoms with Crippen molar-refractivity contribution in [1.29, 1.82) is 0 Å². The second kappa shape index (κ2) is 18.5. The first-order valence-corrected chi connectivity index (χ1v) is 20.9. The third-order valence-electron chi connectivity index (χ3n) is 11.8. The predicted molar refractivity (Wildman–Crippen MR) is 231 cm³/mol. The fourth-order valence-electron chi connectivity index (χ4n) is 8.18. The molecule has 1 saturated carbocycles. The molecule has 3 unspecified atom stereocenters. The summed E-state index contributed by atoms with van der Waals surface area (Å²) in [6.07, 6.45) is -3.36. The first-order valence-electron chi connectivity index (χ1n) is 20.9. The van der Waals surface area contributed by atoms with Gasteiger partial charge in [0.1, 0.15) is 24.1 Å². The highest BCUT2D eigenvalue weighted by Gasteiger charge is 2.45. The van der Waals surface area contributed by atoms with Crippen molar-refractivity contribution in [2.75, 3.05) is 63.4 Å². The zero-order valence-electron chi connectivity index (χ0n) is 35.6. The molecule has 3 heterocycles. The molecule has 3 aromatic carbocycles. The molecular weight excluding hydrogens is 826 g/mol. The number of fused-ring (bicyclic) bond motifs is 2. The van der Waals surface area contributed by atoms with Crippen LogP contribution >= 0.6 is 0 Å². The van der Waals surface area contributed by atoms with Gasteiger partial charge >= 0.3 is 6.18 Å². The maximum atomic E-state index is 13.6. The van der Waals surface area contributed by atoms with Crippen LogP contribution in [-0.2, 0) is 15.7 Å². The summed E-state index contributed by atoms with van der Waals surface area (Å²) in [6, 6.07) is 10.9. The number of anilines is 3. The van der Waals surface area contributed by atoms with Crippen molar-refractivity contribution in [3.05, 3.63) is 65.5 Å². The van der Waals surface area contributed by atoms with Gasteiger partial charge in [-0.25, -0.2) is 9.97 Å². The highest BCUT2D eigenvalue weighted by Crippen LogP contribution is 2.48. The summed E-state index contributed by atoms with van der Waals surface area (Å²) in [4.78, 5) is 24.0. The molecule has 7 rings (SSSR count). The average molecular weight is 881 g/mol. The molecule has 63 heavy (non-hydrogen) atoms. The number of methoxy groups -OCH3 is 1. The molecule has 340 valence electrons. The molecule has 4 atom stereocenters. The minimum absolute atomic E-state index is 0.00136. The van der Waals surface area contributed by atoms with Crippen LogP contribution in [0.1, 0.15) is 74.5 Å². The number of hydrogen-bond acceptors (Lipinski definition) is 14. The van der Waals surface area contributed by atoms with Crippen LogP contribution in [-0.4, -0.2) is 105 Å². The van der Waals surface area contributed by atoms with Crippen LogP contribution in [0.25, 0.3) is 21.7 Å². The van der Waals surface area contributed by atoms with E-state index in [4.69, 9.17) is 19.9 Å². The number of carbonyl (C=O) groups is 1. The smallest absolute Gasteiger partial charge is 0.416 e. The lowest BCUT2D eigenvalue weighted by molar-refractivity contribution is -0.137. The second-order valence-electron chi connectivity index (χ2n) is 16.6. The van der Waals surface area contributed by atoms with Crippen LogP contribution in [0.4, 0.5) is 30.4 Å². The van der Waals surface area contributed by atoms with Crippen LogP contribution in [0.15, 0.2) is 48.5 Å². The van der Waals surface area contributed by atoms with Crippen molar-refractivity contribution in [3.63, 3.8) is 0 Å². The predicted octanol–water partition coefficient (Wildman–Crippen LogP) is 6.17. The average Bonchev–Trinajstić information content (AvgIpc) is 3.95. The third-order valence-corrected chi connectivity index (χ3v) is 11.8. The number of aromatic nitrogens is 3. The van der Waals surface area contributed by atoms with Gasteiger partial charge in [0, 0.05) is 66.8 Å². The summed E-state index contributed by atoms with van der Waals surface area (Å²) < 4.78 is 59.8. The quantitative estimate of drug-likeness (QED) is 0.0364. The lowest BCUT2D eigenvalue weighted by Gasteiger charge is -2.33. The summed E-state index contributed by atoms with van der Waals surface area (Å²) >= 11 is 0.